The minimum absolute atomic E-state index is 0.169. The maximum absolute atomic E-state index is 11.7. The number of thioether (sulfide) groups is 1. The molecule has 0 heterocycles. The SMILES string of the molecule is COCCSCC(=O)Nc1ccccc1OCC(=O)O. The highest BCUT2D eigenvalue weighted by Gasteiger charge is 2.08. The summed E-state index contributed by atoms with van der Waals surface area (Å²) in [6.07, 6.45) is 0. The number of para-hydroxylation sites is 2. The van der Waals surface area contributed by atoms with Gasteiger partial charge in [0.25, 0.3) is 0 Å². The number of aliphatic carboxylic acids is 1. The van der Waals surface area contributed by atoms with Crippen LogP contribution in [0.2, 0.25) is 0 Å². The first-order valence-corrected chi connectivity index (χ1v) is 7.09. The van der Waals surface area contributed by atoms with E-state index in [9.17, 15) is 9.59 Å². The Kier molecular flexibility index (Phi) is 7.52. The fraction of sp³-hybridized carbons (Fsp3) is 0.385. The summed E-state index contributed by atoms with van der Waals surface area (Å²) in [5.74, 6) is 0.140. The Bertz CT molecular complexity index is 452. The van der Waals surface area contributed by atoms with Crippen LogP contribution in [0.4, 0.5) is 5.69 Å². The Hall–Kier alpha value is -1.73. The molecule has 0 saturated carbocycles. The lowest BCUT2D eigenvalue weighted by Gasteiger charge is -2.11. The van der Waals surface area contributed by atoms with Crippen molar-refractivity contribution in [1.82, 2.24) is 0 Å². The van der Waals surface area contributed by atoms with Gasteiger partial charge in [0.05, 0.1) is 18.0 Å². The summed E-state index contributed by atoms with van der Waals surface area (Å²) in [5, 5.41) is 11.3. The molecule has 1 aromatic carbocycles. The molecule has 0 aliphatic rings. The van der Waals surface area contributed by atoms with Crippen molar-refractivity contribution in [3.8, 4) is 5.75 Å². The van der Waals surface area contributed by atoms with Gasteiger partial charge in [0, 0.05) is 12.9 Å². The highest BCUT2D eigenvalue weighted by molar-refractivity contribution is 7.99. The van der Waals surface area contributed by atoms with Crippen LogP contribution in [-0.4, -0.2) is 48.8 Å². The molecule has 0 aromatic heterocycles. The summed E-state index contributed by atoms with van der Waals surface area (Å²) < 4.78 is 9.99. The molecule has 0 unspecified atom stereocenters. The van der Waals surface area contributed by atoms with Gasteiger partial charge in [0.2, 0.25) is 5.91 Å². The number of benzene rings is 1. The second kappa shape index (κ2) is 9.22. The van der Waals surface area contributed by atoms with E-state index in [4.69, 9.17) is 14.6 Å². The van der Waals surface area contributed by atoms with Crippen molar-refractivity contribution in [1.29, 1.82) is 0 Å². The number of carboxylic acid groups (broad SMARTS) is 1. The predicted molar refractivity (Wildman–Crippen MR) is 77.4 cm³/mol. The van der Waals surface area contributed by atoms with Crippen molar-refractivity contribution in [2.45, 2.75) is 0 Å². The quantitative estimate of drug-likeness (QED) is 0.672. The number of anilines is 1. The van der Waals surface area contributed by atoms with Gasteiger partial charge in [-0.15, -0.1) is 11.8 Å². The maximum atomic E-state index is 11.7. The summed E-state index contributed by atoms with van der Waals surface area (Å²) in [7, 11) is 1.61. The molecule has 0 atom stereocenters. The molecule has 0 bridgehead atoms. The van der Waals surface area contributed by atoms with Gasteiger partial charge in [0.15, 0.2) is 6.61 Å². The first-order valence-electron chi connectivity index (χ1n) is 5.93. The van der Waals surface area contributed by atoms with Crippen LogP contribution in [0.5, 0.6) is 5.75 Å². The van der Waals surface area contributed by atoms with Crippen LogP contribution in [-0.2, 0) is 14.3 Å². The van der Waals surface area contributed by atoms with Crippen molar-refractivity contribution >= 4 is 29.3 Å². The zero-order valence-corrected chi connectivity index (χ0v) is 11.9. The zero-order valence-electron chi connectivity index (χ0n) is 11.1. The van der Waals surface area contributed by atoms with Gasteiger partial charge in [-0.25, -0.2) is 4.79 Å². The molecule has 7 heteroatoms. The Labute approximate surface area is 121 Å². The fourth-order valence-corrected chi connectivity index (χ4v) is 2.02. The Morgan fingerprint density at radius 1 is 1.35 bits per heavy atom. The molecule has 1 aromatic rings. The Morgan fingerprint density at radius 3 is 2.80 bits per heavy atom. The number of methoxy groups -OCH3 is 1. The lowest BCUT2D eigenvalue weighted by Crippen LogP contribution is -2.16. The monoisotopic (exact) mass is 299 g/mol. The third-order valence-electron chi connectivity index (χ3n) is 2.18. The van der Waals surface area contributed by atoms with Crippen LogP contribution in [0.15, 0.2) is 24.3 Å². The number of carbonyl (C=O) groups is 2. The number of hydrogen-bond donors (Lipinski definition) is 2. The minimum atomic E-state index is -1.07. The second-order valence-corrected chi connectivity index (χ2v) is 4.88. The molecule has 0 saturated heterocycles. The van der Waals surface area contributed by atoms with E-state index >= 15 is 0 Å². The van der Waals surface area contributed by atoms with Gasteiger partial charge in [-0.2, -0.15) is 0 Å². The first kappa shape index (κ1) is 16.3. The summed E-state index contributed by atoms with van der Waals surface area (Å²) in [6.45, 7) is 0.145. The largest absolute Gasteiger partial charge is 0.480 e. The highest BCUT2D eigenvalue weighted by Crippen LogP contribution is 2.23. The van der Waals surface area contributed by atoms with E-state index in [1.54, 1.807) is 31.4 Å². The molecule has 0 spiro atoms. The molecule has 0 aliphatic carbocycles. The van der Waals surface area contributed by atoms with Crippen molar-refractivity contribution in [3.63, 3.8) is 0 Å². The molecule has 0 fully saturated rings. The predicted octanol–water partition coefficient (Wildman–Crippen LogP) is 1.47. The van der Waals surface area contributed by atoms with Gasteiger partial charge < -0.3 is 19.9 Å². The van der Waals surface area contributed by atoms with Gasteiger partial charge in [0.1, 0.15) is 5.75 Å². The van der Waals surface area contributed by atoms with Gasteiger partial charge in [-0.3, -0.25) is 4.79 Å². The van der Waals surface area contributed by atoms with Crippen molar-refractivity contribution in [2.24, 2.45) is 0 Å². The normalized spacial score (nSPS) is 10.1. The molecule has 110 valence electrons. The first-order chi connectivity index (χ1) is 9.63. The highest BCUT2D eigenvalue weighted by atomic mass is 32.2. The van der Waals surface area contributed by atoms with Crippen LogP contribution in [0.3, 0.4) is 0 Å². The van der Waals surface area contributed by atoms with E-state index in [2.05, 4.69) is 5.32 Å². The van der Waals surface area contributed by atoms with Crippen molar-refractivity contribution < 1.29 is 24.2 Å². The zero-order chi connectivity index (χ0) is 14.8. The van der Waals surface area contributed by atoms with Gasteiger partial charge in [-0.05, 0) is 12.1 Å². The topological polar surface area (TPSA) is 84.9 Å². The van der Waals surface area contributed by atoms with Gasteiger partial charge >= 0.3 is 5.97 Å². The standard InChI is InChI=1S/C13H17NO5S/c1-18-6-7-20-9-12(15)14-10-4-2-3-5-11(10)19-8-13(16)17/h2-5H,6-9H2,1H3,(H,14,15)(H,16,17). The van der Waals surface area contributed by atoms with Crippen molar-refractivity contribution in [3.05, 3.63) is 24.3 Å². The summed E-state index contributed by atoms with van der Waals surface area (Å²) in [4.78, 5) is 22.2. The van der Waals surface area contributed by atoms with E-state index in [0.29, 0.717) is 23.8 Å². The van der Waals surface area contributed by atoms with Crippen LogP contribution in [0.25, 0.3) is 0 Å². The lowest BCUT2D eigenvalue weighted by atomic mass is 10.3. The summed E-state index contributed by atoms with van der Waals surface area (Å²) in [6, 6.07) is 6.72. The number of amides is 1. The number of ether oxygens (including phenoxy) is 2. The number of hydrogen-bond acceptors (Lipinski definition) is 5. The maximum Gasteiger partial charge on any atom is 0.341 e. The third kappa shape index (κ3) is 6.44. The average Bonchev–Trinajstić information content (AvgIpc) is 2.42. The Morgan fingerprint density at radius 2 is 2.10 bits per heavy atom. The molecule has 0 radical (unpaired) electrons. The van der Waals surface area contributed by atoms with E-state index in [-0.39, 0.29) is 5.91 Å². The van der Waals surface area contributed by atoms with E-state index in [1.165, 1.54) is 11.8 Å². The molecule has 0 aliphatic heterocycles. The minimum Gasteiger partial charge on any atom is -0.480 e. The summed E-state index contributed by atoms with van der Waals surface area (Å²) >= 11 is 1.46. The average molecular weight is 299 g/mol. The molecule has 20 heavy (non-hydrogen) atoms. The lowest BCUT2D eigenvalue weighted by molar-refractivity contribution is -0.139. The summed E-state index contributed by atoms with van der Waals surface area (Å²) in [5.41, 5.74) is 0.464. The number of carboxylic acids is 1. The molecule has 2 N–H and O–H groups in total. The molecular formula is C13H17NO5S. The van der Waals surface area contributed by atoms with Crippen molar-refractivity contribution in [2.75, 3.05) is 37.1 Å². The van der Waals surface area contributed by atoms with E-state index in [1.807, 2.05) is 0 Å². The molecule has 6 nitrogen and oxygen atoms in total. The van der Waals surface area contributed by atoms with Crippen LogP contribution >= 0.6 is 11.8 Å². The molecule has 1 amide bonds. The van der Waals surface area contributed by atoms with Gasteiger partial charge in [-0.1, -0.05) is 12.1 Å². The molecular weight excluding hydrogens is 282 g/mol. The number of rotatable bonds is 9. The van der Waals surface area contributed by atoms with Crippen LogP contribution in [0, 0.1) is 0 Å². The third-order valence-corrected chi connectivity index (χ3v) is 3.10. The molecule has 1 rings (SSSR count). The number of carbonyl (C=O) groups excluding carboxylic acids is 1. The smallest absolute Gasteiger partial charge is 0.341 e. The van der Waals surface area contributed by atoms with E-state index < -0.39 is 12.6 Å². The Balaban J connectivity index is 2.49. The van der Waals surface area contributed by atoms with Crippen LogP contribution in [0.1, 0.15) is 0 Å². The van der Waals surface area contributed by atoms with Crippen LogP contribution < -0.4 is 10.1 Å². The fourth-order valence-electron chi connectivity index (χ4n) is 1.33. The second-order valence-electron chi connectivity index (χ2n) is 3.77. The number of nitrogens with one attached hydrogen (secondary N) is 1. The van der Waals surface area contributed by atoms with E-state index in [0.717, 1.165) is 5.75 Å².